The van der Waals surface area contributed by atoms with Crippen LogP contribution in [-0.2, 0) is 16.1 Å². The lowest BCUT2D eigenvalue weighted by Crippen LogP contribution is -2.41. The molecule has 208 valence electrons. The van der Waals surface area contributed by atoms with Crippen LogP contribution in [0.25, 0.3) is 11.1 Å². The maximum absolute atomic E-state index is 13.3. The molecule has 2 unspecified atom stereocenters. The van der Waals surface area contributed by atoms with E-state index in [0.29, 0.717) is 24.3 Å². The number of carboxylic acid groups (broad SMARTS) is 1. The summed E-state index contributed by atoms with van der Waals surface area (Å²) in [5.41, 5.74) is 4.29. The van der Waals surface area contributed by atoms with Crippen LogP contribution in [0.3, 0.4) is 0 Å². The van der Waals surface area contributed by atoms with Crippen LogP contribution in [0.2, 0.25) is 0 Å². The number of carbonyl (C=O) groups excluding carboxylic acids is 1. The molecule has 0 spiro atoms. The minimum atomic E-state index is -1.01. The van der Waals surface area contributed by atoms with Crippen molar-refractivity contribution in [3.8, 4) is 11.1 Å². The third-order valence-corrected chi connectivity index (χ3v) is 8.05. The number of benzene rings is 2. The molecule has 6 nitrogen and oxygen atoms in total. The number of hydrogen-bond acceptors (Lipinski definition) is 5. The zero-order valence-corrected chi connectivity index (χ0v) is 23.9. The Morgan fingerprint density at radius 3 is 2.55 bits per heavy atom. The molecule has 1 aliphatic carbocycles. The summed E-state index contributed by atoms with van der Waals surface area (Å²) in [6, 6.07) is 12.8. The number of likely N-dealkylation sites (N-methyl/N-ethyl adjacent to an activating group) is 1. The molecule has 0 bridgehead atoms. The smallest absolute Gasteiger partial charge is 0.326 e. The number of carboxylic acids is 1. The Balaban J connectivity index is 1.82. The average molecular weight is 541 g/mol. The standard InChI is InChI=1S/C31H44N2O4S/c1-4-32-20-25(18-23-11-6-5-7-12-23)37-21-24-14-15-27(28(19-24)26-13-9-8-10-22(26)2)30(34)33-29(31(35)36)16-17-38-3/h8-10,13-15,19,23,25,29,32H,4-7,11-12,16-18,20-21H2,1-3H3,(H,33,34)(H,35,36). The first-order chi connectivity index (χ1) is 18.4. The lowest BCUT2D eigenvalue weighted by molar-refractivity contribution is -0.139. The van der Waals surface area contributed by atoms with Gasteiger partial charge in [-0.1, -0.05) is 69.4 Å². The number of aryl methyl sites for hydroxylation is 1. The first-order valence-corrected chi connectivity index (χ1v) is 15.4. The second-order valence-corrected chi connectivity index (χ2v) is 11.3. The van der Waals surface area contributed by atoms with E-state index in [1.54, 1.807) is 11.8 Å². The number of thioether (sulfide) groups is 1. The molecule has 0 aliphatic heterocycles. The van der Waals surface area contributed by atoms with Crippen molar-refractivity contribution in [2.24, 2.45) is 5.92 Å². The summed E-state index contributed by atoms with van der Waals surface area (Å²) in [6.45, 7) is 6.36. The molecule has 0 heterocycles. The number of nitrogens with one attached hydrogen (secondary N) is 2. The van der Waals surface area contributed by atoms with Gasteiger partial charge in [0.05, 0.1) is 12.7 Å². The number of amides is 1. The number of hydrogen-bond donors (Lipinski definition) is 3. The molecule has 0 saturated heterocycles. The third kappa shape index (κ3) is 9.14. The van der Waals surface area contributed by atoms with Gasteiger partial charge in [0.25, 0.3) is 5.91 Å². The van der Waals surface area contributed by atoms with E-state index in [9.17, 15) is 14.7 Å². The second kappa shape index (κ2) is 15.9. The summed E-state index contributed by atoms with van der Waals surface area (Å²) in [5, 5.41) is 15.8. The maximum Gasteiger partial charge on any atom is 0.326 e. The monoisotopic (exact) mass is 540 g/mol. The molecular weight excluding hydrogens is 496 g/mol. The molecule has 3 N–H and O–H groups in total. The van der Waals surface area contributed by atoms with Crippen molar-refractivity contribution >= 4 is 23.6 Å². The van der Waals surface area contributed by atoms with Crippen LogP contribution in [-0.4, -0.2) is 54.2 Å². The Labute approximate surface area is 232 Å². The Kier molecular flexibility index (Phi) is 12.6. The van der Waals surface area contributed by atoms with Crippen molar-refractivity contribution in [2.45, 2.75) is 77.5 Å². The van der Waals surface area contributed by atoms with E-state index in [2.05, 4.69) is 17.6 Å². The molecule has 0 aromatic heterocycles. The Bertz CT molecular complexity index is 1040. The normalized spacial score (nSPS) is 15.7. The van der Waals surface area contributed by atoms with Gasteiger partial charge < -0.3 is 20.5 Å². The van der Waals surface area contributed by atoms with Gasteiger partial charge in [-0.3, -0.25) is 4.79 Å². The summed E-state index contributed by atoms with van der Waals surface area (Å²) in [6.07, 6.45) is 10.1. The van der Waals surface area contributed by atoms with Crippen LogP contribution in [0.15, 0.2) is 42.5 Å². The Hall–Kier alpha value is -2.35. The Morgan fingerprint density at radius 1 is 1.11 bits per heavy atom. The highest BCUT2D eigenvalue weighted by Gasteiger charge is 2.23. The van der Waals surface area contributed by atoms with E-state index in [4.69, 9.17) is 4.74 Å². The van der Waals surface area contributed by atoms with Crippen LogP contribution in [0.4, 0.5) is 0 Å². The zero-order valence-electron chi connectivity index (χ0n) is 23.1. The minimum Gasteiger partial charge on any atom is -0.480 e. The van der Waals surface area contributed by atoms with Crippen molar-refractivity contribution in [3.63, 3.8) is 0 Å². The predicted molar refractivity (Wildman–Crippen MR) is 157 cm³/mol. The van der Waals surface area contributed by atoms with Gasteiger partial charge in [0.2, 0.25) is 0 Å². The maximum atomic E-state index is 13.3. The number of carbonyl (C=O) groups is 2. The number of rotatable bonds is 15. The SMILES string of the molecule is CCNCC(CC1CCCCC1)OCc1ccc(C(=O)NC(CCSC)C(=O)O)c(-c2ccccc2C)c1. The number of ether oxygens (including phenoxy) is 1. The van der Waals surface area contributed by atoms with Gasteiger partial charge in [-0.05, 0) is 78.6 Å². The molecule has 1 saturated carbocycles. The molecule has 0 radical (unpaired) electrons. The molecule has 1 amide bonds. The molecule has 7 heteroatoms. The van der Waals surface area contributed by atoms with E-state index in [-0.39, 0.29) is 12.0 Å². The van der Waals surface area contributed by atoms with Gasteiger partial charge in [-0.2, -0.15) is 11.8 Å². The third-order valence-electron chi connectivity index (χ3n) is 7.41. The first kappa shape index (κ1) is 30.2. The van der Waals surface area contributed by atoms with Crippen LogP contribution in [0.5, 0.6) is 0 Å². The summed E-state index contributed by atoms with van der Waals surface area (Å²) in [4.78, 5) is 25.1. The van der Waals surface area contributed by atoms with E-state index in [0.717, 1.165) is 47.7 Å². The quantitative estimate of drug-likeness (QED) is 0.254. The van der Waals surface area contributed by atoms with E-state index < -0.39 is 12.0 Å². The van der Waals surface area contributed by atoms with E-state index >= 15 is 0 Å². The molecule has 2 atom stereocenters. The van der Waals surface area contributed by atoms with Crippen molar-refractivity contribution in [3.05, 3.63) is 59.2 Å². The molecule has 2 aromatic carbocycles. The van der Waals surface area contributed by atoms with Crippen molar-refractivity contribution in [2.75, 3.05) is 25.1 Å². The fraction of sp³-hybridized carbons (Fsp3) is 0.548. The van der Waals surface area contributed by atoms with E-state index in [1.807, 2.05) is 55.6 Å². The van der Waals surface area contributed by atoms with Crippen molar-refractivity contribution in [1.82, 2.24) is 10.6 Å². The molecular formula is C31H44N2O4S. The number of aliphatic carboxylic acids is 1. The average Bonchev–Trinajstić information content (AvgIpc) is 2.93. The van der Waals surface area contributed by atoms with Crippen LogP contribution < -0.4 is 10.6 Å². The fourth-order valence-electron chi connectivity index (χ4n) is 5.23. The highest BCUT2D eigenvalue weighted by atomic mass is 32.2. The van der Waals surface area contributed by atoms with Gasteiger partial charge in [-0.25, -0.2) is 4.79 Å². The molecule has 38 heavy (non-hydrogen) atoms. The molecule has 1 fully saturated rings. The topological polar surface area (TPSA) is 87.7 Å². The highest BCUT2D eigenvalue weighted by Crippen LogP contribution is 2.30. The lowest BCUT2D eigenvalue weighted by atomic mass is 9.85. The van der Waals surface area contributed by atoms with Gasteiger partial charge in [0.1, 0.15) is 6.04 Å². The molecule has 3 rings (SSSR count). The molecule has 2 aromatic rings. The Morgan fingerprint density at radius 2 is 1.87 bits per heavy atom. The molecule has 1 aliphatic rings. The van der Waals surface area contributed by atoms with Crippen LogP contribution in [0.1, 0.15) is 73.4 Å². The van der Waals surface area contributed by atoms with Crippen molar-refractivity contribution < 1.29 is 19.4 Å². The predicted octanol–water partition coefficient (Wildman–Crippen LogP) is 6.06. The van der Waals surface area contributed by atoms with Crippen molar-refractivity contribution in [1.29, 1.82) is 0 Å². The summed E-state index contributed by atoms with van der Waals surface area (Å²) in [5.74, 6) is 0.00740. The largest absolute Gasteiger partial charge is 0.480 e. The van der Waals surface area contributed by atoms with Gasteiger partial charge in [0, 0.05) is 12.1 Å². The minimum absolute atomic E-state index is 0.149. The summed E-state index contributed by atoms with van der Waals surface area (Å²) >= 11 is 1.56. The van der Waals surface area contributed by atoms with Gasteiger partial charge in [-0.15, -0.1) is 0 Å². The summed E-state index contributed by atoms with van der Waals surface area (Å²) < 4.78 is 6.45. The van der Waals surface area contributed by atoms with Gasteiger partial charge in [0.15, 0.2) is 0 Å². The zero-order chi connectivity index (χ0) is 27.3. The van der Waals surface area contributed by atoms with Crippen LogP contribution in [0, 0.1) is 12.8 Å². The van der Waals surface area contributed by atoms with E-state index in [1.165, 1.54) is 32.1 Å². The summed E-state index contributed by atoms with van der Waals surface area (Å²) in [7, 11) is 0. The second-order valence-electron chi connectivity index (χ2n) is 10.3. The first-order valence-electron chi connectivity index (χ1n) is 14.0. The van der Waals surface area contributed by atoms with Crippen LogP contribution >= 0.6 is 11.8 Å². The highest BCUT2D eigenvalue weighted by molar-refractivity contribution is 7.98. The fourth-order valence-corrected chi connectivity index (χ4v) is 5.70. The van der Waals surface area contributed by atoms with Gasteiger partial charge >= 0.3 is 5.97 Å². The lowest BCUT2D eigenvalue weighted by Gasteiger charge is -2.27.